The molecular formula is C15H26N2O3. The van der Waals surface area contributed by atoms with Gasteiger partial charge in [0.2, 0.25) is 5.91 Å². The zero-order chi connectivity index (χ0) is 14.5. The number of nitrogens with one attached hydrogen (secondary N) is 1. The van der Waals surface area contributed by atoms with Crippen LogP contribution in [0.25, 0.3) is 0 Å². The van der Waals surface area contributed by atoms with Crippen molar-refractivity contribution in [3.8, 4) is 0 Å². The van der Waals surface area contributed by atoms with E-state index in [1.807, 2.05) is 0 Å². The zero-order valence-electron chi connectivity index (χ0n) is 12.0. The van der Waals surface area contributed by atoms with Crippen molar-refractivity contribution in [3.63, 3.8) is 0 Å². The molecule has 0 saturated heterocycles. The van der Waals surface area contributed by atoms with E-state index in [1.165, 1.54) is 0 Å². The molecule has 0 aromatic heterocycles. The SMILES string of the molecule is NC1CCC(C(=O)NCC2CCC(C(=O)O)CC2)CC1. The summed E-state index contributed by atoms with van der Waals surface area (Å²) in [5, 5.41) is 12.0. The number of carbonyl (C=O) groups is 2. The molecule has 20 heavy (non-hydrogen) atoms. The molecule has 0 radical (unpaired) electrons. The standard InChI is InChI=1S/C15H26N2O3/c16-13-7-5-11(6-8-13)14(18)17-9-10-1-3-12(4-2-10)15(19)20/h10-13H,1-9,16H2,(H,17,18)(H,19,20). The molecule has 5 nitrogen and oxygen atoms in total. The van der Waals surface area contributed by atoms with Gasteiger partial charge in [-0.05, 0) is 57.3 Å². The predicted octanol–water partition coefficient (Wildman–Crippen LogP) is 1.51. The van der Waals surface area contributed by atoms with Crippen molar-refractivity contribution in [2.75, 3.05) is 6.54 Å². The monoisotopic (exact) mass is 282 g/mol. The molecule has 1 amide bonds. The minimum Gasteiger partial charge on any atom is -0.481 e. The van der Waals surface area contributed by atoms with Crippen LogP contribution in [0.2, 0.25) is 0 Å². The number of aliphatic carboxylic acids is 1. The number of hydrogen-bond acceptors (Lipinski definition) is 3. The third-order valence-corrected chi connectivity index (χ3v) is 4.90. The van der Waals surface area contributed by atoms with Crippen LogP contribution < -0.4 is 11.1 Å². The fraction of sp³-hybridized carbons (Fsp3) is 0.867. The maximum Gasteiger partial charge on any atom is 0.306 e. The highest BCUT2D eigenvalue weighted by Gasteiger charge is 2.28. The second kappa shape index (κ2) is 7.07. The molecule has 2 aliphatic rings. The minimum atomic E-state index is -0.675. The first kappa shape index (κ1) is 15.3. The van der Waals surface area contributed by atoms with Gasteiger partial charge in [-0.1, -0.05) is 0 Å². The Labute approximate surface area is 120 Å². The summed E-state index contributed by atoms with van der Waals surface area (Å²) < 4.78 is 0. The molecule has 114 valence electrons. The molecule has 0 bridgehead atoms. The first-order valence-corrected chi connectivity index (χ1v) is 7.82. The topological polar surface area (TPSA) is 92.4 Å². The lowest BCUT2D eigenvalue weighted by molar-refractivity contribution is -0.143. The van der Waals surface area contributed by atoms with Crippen LogP contribution in [-0.4, -0.2) is 29.6 Å². The summed E-state index contributed by atoms with van der Waals surface area (Å²) in [5.41, 5.74) is 5.85. The van der Waals surface area contributed by atoms with Crippen LogP contribution in [0.15, 0.2) is 0 Å². The lowest BCUT2D eigenvalue weighted by Crippen LogP contribution is -2.39. The van der Waals surface area contributed by atoms with Crippen LogP contribution >= 0.6 is 0 Å². The molecule has 0 aromatic carbocycles. The van der Waals surface area contributed by atoms with Crippen LogP contribution in [0.1, 0.15) is 51.4 Å². The Morgan fingerprint density at radius 3 is 2.05 bits per heavy atom. The van der Waals surface area contributed by atoms with Gasteiger partial charge in [0, 0.05) is 18.5 Å². The third-order valence-electron chi connectivity index (χ3n) is 4.90. The summed E-state index contributed by atoms with van der Waals surface area (Å²) in [6.07, 6.45) is 7.00. The van der Waals surface area contributed by atoms with E-state index in [0.717, 1.165) is 51.4 Å². The zero-order valence-corrected chi connectivity index (χ0v) is 12.0. The van der Waals surface area contributed by atoms with Crippen molar-refractivity contribution in [2.45, 2.75) is 57.4 Å². The molecule has 4 N–H and O–H groups in total. The highest BCUT2D eigenvalue weighted by atomic mass is 16.4. The first-order chi connectivity index (χ1) is 9.56. The van der Waals surface area contributed by atoms with E-state index in [0.29, 0.717) is 12.5 Å². The molecule has 0 aromatic rings. The van der Waals surface area contributed by atoms with Crippen molar-refractivity contribution in [3.05, 3.63) is 0 Å². The summed E-state index contributed by atoms with van der Waals surface area (Å²) in [6.45, 7) is 0.702. The van der Waals surface area contributed by atoms with E-state index in [4.69, 9.17) is 10.8 Å². The van der Waals surface area contributed by atoms with E-state index in [1.54, 1.807) is 0 Å². The molecule has 5 heteroatoms. The molecule has 2 saturated carbocycles. The lowest BCUT2D eigenvalue weighted by atomic mass is 9.81. The van der Waals surface area contributed by atoms with Gasteiger partial charge >= 0.3 is 5.97 Å². The number of hydrogen-bond donors (Lipinski definition) is 3. The van der Waals surface area contributed by atoms with Crippen LogP contribution in [0, 0.1) is 17.8 Å². The summed E-state index contributed by atoms with van der Waals surface area (Å²) in [6, 6.07) is 0.269. The van der Waals surface area contributed by atoms with E-state index < -0.39 is 5.97 Å². The number of carboxylic acid groups (broad SMARTS) is 1. The Morgan fingerprint density at radius 2 is 1.50 bits per heavy atom. The van der Waals surface area contributed by atoms with E-state index in [2.05, 4.69) is 5.32 Å². The minimum absolute atomic E-state index is 0.130. The van der Waals surface area contributed by atoms with E-state index in [-0.39, 0.29) is 23.8 Å². The Hall–Kier alpha value is -1.10. The summed E-state index contributed by atoms with van der Waals surface area (Å²) in [7, 11) is 0. The molecule has 2 fully saturated rings. The molecule has 0 heterocycles. The Morgan fingerprint density at radius 1 is 0.950 bits per heavy atom. The van der Waals surface area contributed by atoms with Crippen molar-refractivity contribution in [1.82, 2.24) is 5.32 Å². The molecule has 0 unspecified atom stereocenters. The molecular weight excluding hydrogens is 256 g/mol. The summed E-state index contributed by atoms with van der Waals surface area (Å²) >= 11 is 0. The second-order valence-corrected chi connectivity index (χ2v) is 6.41. The number of rotatable bonds is 4. The fourth-order valence-corrected chi connectivity index (χ4v) is 3.38. The van der Waals surface area contributed by atoms with Crippen molar-refractivity contribution in [2.24, 2.45) is 23.5 Å². The van der Waals surface area contributed by atoms with Gasteiger partial charge in [-0.3, -0.25) is 9.59 Å². The van der Waals surface area contributed by atoms with Gasteiger partial charge in [0.15, 0.2) is 0 Å². The van der Waals surface area contributed by atoms with Gasteiger partial charge in [-0.15, -0.1) is 0 Å². The van der Waals surface area contributed by atoms with Crippen LogP contribution in [0.5, 0.6) is 0 Å². The molecule has 2 aliphatic carbocycles. The van der Waals surface area contributed by atoms with Crippen molar-refractivity contribution < 1.29 is 14.7 Å². The largest absolute Gasteiger partial charge is 0.481 e. The van der Waals surface area contributed by atoms with E-state index >= 15 is 0 Å². The van der Waals surface area contributed by atoms with Crippen LogP contribution in [-0.2, 0) is 9.59 Å². The second-order valence-electron chi connectivity index (χ2n) is 6.41. The quantitative estimate of drug-likeness (QED) is 0.728. The molecule has 0 spiro atoms. The lowest BCUT2D eigenvalue weighted by Gasteiger charge is -2.28. The van der Waals surface area contributed by atoms with Crippen LogP contribution in [0.4, 0.5) is 0 Å². The molecule has 2 rings (SSSR count). The van der Waals surface area contributed by atoms with Gasteiger partial charge in [0.1, 0.15) is 0 Å². The van der Waals surface area contributed by atoms with Crippen LogP contribution in [0.3, 0.4) is 0 Å². The predicted molar refractivity (Wildman–Crippen MR) is 76.0 cm³/mol. The first-order valence-electron chi connectivity index (χ1n) is 7.82. The smallest absolute Gasteiger partial charge is 0.306 e. The van der Waals surface area contributed by atoms with E-state index in [9.17, 15) is 9.59 Å². The Balaban J connectivity index is 1.65. The van der Waals surface area contributed by atoms with Gasteiger partial charge in [0.05, 0.1) is 5.92 Å². The normalized spacial score (nSPS) is 34.5. The number of amides is 1. The highest BCUT2D eigenvalue weighted by Crippen LogP contribution is 2.29. The maximum absolute atomic E-state index is 12.1. The molecule has 0 atom stereocenters. The van der Waals surface area contributed by atoms with Gasteiger partial charge in [-0.25, -0.2) is 0 Å². The van der Waals surface area contributed by atoms with Gasteiger partial charge in [0.25, 0.3) is 0 Å². The Kier molecular flexibility index (Phi) is 5.40. The number of carboxylic acids is 1. The number of carbonyl (C=O) groups excluding carboxylic acids is 1. The molecule has 0 aliphatic heterocycles. The Bertz CT molecular complexity index is 343. The maximum atomic E-state index is 12.1. The van der Waals surface area contributed by atoms with Crippen molar-refractivity contribution >= 4 is 11.9 Å². The third kappa shape index (κ3) is 4.20. The summed E-state index contributed by atoms with van der Waals surface area (Å²) in [5.74, 6) is -0.115. The summed E-state index contributed by atoms with van der Waals surface area (Å²) in [4.78, 5) is 23.0. The van der Waals surface area contributed by atoms with Gasteiger partial charge < -0.3 is 16.2 Å². The highest BCUT2D eigenvalue weighted by molar-refractivity contribution is 5.78. The fourth-order valence-electron chi connectivity index (χ4n) is 3.38. The average molecular weight is 282 g/mol. The van der Waals surface area contributed by atoms with Crippen molar-refractivity contribution in [1.29, 1.82) is 0 Å². The number of nitrogens with two attached hydrogens (primary N) is 1. The average Bonchev–Trinajstić information content (AvgIpc) is 2.46. The van der Waals surface area contributed by atoms with Gasteiger partial charge in [-0.2, -0.15) is 0 Å².